The number of amides is 1. The van der Waals surface area contributed by atoms with Gasteiger partial charge in [0.15, 0.2) is 0 Å². The summed E-state index contributed by atoms with van der Waals surface area (Å²) in [4.78, 5) is 13.1. The van der Waals surface area contributed by atoms with Gasteiger partial charge in [-0.3, -0.25) is 4.79 Å². The summed E-state index contributed by atoms with van der Waals surface area (Å²) in [6.45, 7) is 1.75. The molecule has 1 aliphatic rings. The summed E-state index contributed by atoms with van der Waals surface area (Å²) in [6.07, 6.45) is 1.82. The molecule has 0 radical (unpaired) electrons. The molecule has 1 saturated heterocycles. The summed E-state index contributed by atoms with van der Waals surface area (Å²) < 4.78 is 4.76. The van der Waals surface area contributed by atoms with Gasteiger partial charge in [-0.05, 0) is 12.8 Å². The lowest BCUT2D eigenvalue weighted by atomic mass is 10.1. The third kappa shape index (κ3) is 2.46. The molecule has 0 aliphatic carbocycles. The summed E-state index contributed by atoms with van der Waals surface area (Å²) in [5, 5.41) is 0. The van der Waals surface area contributed by atoms with Crippen molar-refractivity contribution in [2.45, 2.75) is 18.9 Å². The zero-order chi connectivity index (χ0) is 8.97. The highest BCUT2D eigenvalue weighted by atomic mass is 16.5. The van der Waals surface area contributed by atoms with E-state index in [1.165, 1.54) is 7.11 Å². The first-order chi connectivity index (χ1) is 5.74. The van der Waals surface area contributed by atoms with Gasteiger partial charge >= 0.3 is 0 Å². The molecule has 70 valence electrons. The van der Waals surface area contributed by atoms with Gasteiger partial charge in [0.1, 0.15) is 6.61 Å². The van der Waals surface area contributed by atoms with Crippen LogP contribution in [-0.4, -0.2) is 43.7 Å². The molecule has 0 spiro atoms. The van der Waals surface area contributed by atoms with E-state index in [0.717, 1.165) is 25.9 Å². The van der Waals surface area contributed by atoms with Crippen LogP contribution in [0.1, 0.15) is 12.8 Å². The Morgan fingerprint density at radius 2 is 2.17 bits per heavy atom. The fourth-order valence-corrected chi connectivity index (χ4v) is 1.36. The predicted molar refractivity (Wildman–Crippen MR) is 45.7 cm³/mol. The Morgan fingerprint density at radius 3 is 2.67 bits per heavy atom. The number of nitrogens with zero attached hydrogens (tertiary/aromatic N) is 1. The smallest absolute Gasteiger partial charge is 0.248 e. The highest BCUT2D eigenvalue weighted by Crippen LogP contribution is 2.07. The Balaban J connectivity index is 2.29. The topological polar surface area (TPSA) is 55.6 Å². The zero-order valence-electron chi connectivity index (χ0n) is 7.45. The van der Waals surface area contributed by atoms with Crippen LogP contribution in [0.2, 0.25) is 0 Å². The maximum absolute atomic E-state index is 11.3. The minimum absolute atomic E-state index is 0.0735. The van der Waals surface area contributed by atoms with Gasteiger partial charge in [-0.25, -0.2) is 0 Å². The van der Waals surface area contributed by atoms with Crippen LogP contribution in [0.15, 0.2) is 0 Å². The summed E-state index contributed by atoms with van der Waals surface area (Å²) in [5.41, 5.74) is 5.70. The quantitative estimate of drug-likeness (QED) is 0.615. The van der Waals surface area contributed by atoms with Gasteiger partial charge in [-0.1, -0.05) is 0 Å². The van der Waals surface area contributed by atoms with Gasteiger partial charge in [0.25, 0.3) is 0 Å². The Bertz CT molecular complexity index is 153. The molecule has 0 aromatic carbocycles. The molecular weight excluding hydrogens is 156 g/mol. The average molecular weight is 172 g/mol. The third-order valence-corrected chi connectivity index (χ3v) is 2.16. The van der Waals surface area contributed by atoms with Crippen molar-refractivity contribution < 1.29 is 9.53 Å². The first-order valence-electron chi connectivity index (χ1n) is 4.26. The number of carbonyl (C=O) groups is 1. The number of piperidine rings is 1. The number of nitrogens with two attached hydrogens (primary N) is 1. The molecule has 1 rings (SSSR count). The van der Waals surface area contributed by atoms with E-state index in [1.807, 2.05) is 4.90 Å². The molecule has 1 heterocycles. The number of likely N-dealkylation sites (tertiary alicyclic amines) is 1. The molecule has 2 N–H and O–H groups in total. The van der Waals surface area contributed by atoms with Crippen molar-refractivity contribution in [3.63, 3.8) is 0 Å². The molecule has 4 heteroatoms. The summed E-state index contributed by atoms with van der Waals surface area (Å²) in [6, 6.07) is 0.275. The summed E-state index contributed by atoms with van der Waals surface area (Å²) in [7, 11) is 1.54. The minimum atomic E-state index is 0.0735. The van der Waals surface area contributed by atoms with E-state index in [-0.39, 0.29) is 18.6 Å². The van der Waals surface area contributed by atoms with E-state index in [2.05, 4.69) is 0 Å². The Kier molecular flexibility index (Phi) is 3.49. The Morgan fingerprint density at radius 1 is 1.58 bits per heavy atom. The molecule has 0 saturated carbocycles. The Hall–Kier alpha value is -0.610. The lowest BCUT2D eigenvalue weighted by Gasteiger charge is -2.29. The Labute approximate surface area is 72.7 Å². The van der Waals surface area contributed by atoms with Crippen molar-refractivity contribution in [3.8, 4) is 0 Å². The highest BCUT2D eigenvalue weighted by molar-refractivity contribution is 5.77. The van der Waals surface area contributed by atoms with Gasteiger partial charge in [0, 0.05) is 26.2 Å². The molecule has 0 aromatic rings. The second kappa shape index (κ2) is 4.42. The number of methoxy groups -OCH3 is 1. The van der Waals surface area contributed by atoms with Gasteiger partial charge in [0.05, 0.1) is 0 Å². The van der Waals surface area contributed by atoms with Crippen molar-refractivity contribution in [2.24, 2.45) is 5.73 Å². The van der Waals surface area contributed by atoms with Crippen molar-refractivity contribution in [1.82, 2.24) is 4.90 Å². The van der Waals surface area contributed by atoms with Crippen LogP contribution in [0, 0.1) is 0 Å². The van der Waals surface area contributed by atoms with Crippen molar-refractivity contribution in [2.75, 3.05) is 26.8 Å². The fraction of sp³-hybridized carbons (Fsp3) is 0.875. The van der Waals surface area contributed by atoms with Gasteiger partial charge in [0.2, 0.25) is 5.91 Å². The molecule has 1 fully saturated rings. The molecule has 4 nitrogen and oxygen atoms in total. The molecular formula is C8H16N2O2. The first-order valence-corrected chi connectivity index (χ1v) is 4.26. The normalized spacial score (nSPS) is 19.7. The van der Waals surface area contributed by atoms with Crippen LogP contribution in [0.3, 0.4) is 0 Å². The molecule has 1 aliphatic heterocycles. The second-order valence-corrected chi connectivity index (χ2v) is 3.15. The van der Waals surface area contributed by atoms with Gasteiger partial charge < -0.3 is 15.4 Å². The summed E-state index contributed by atoms with van der Waals surface area (Å²) in [5.74, 6) is 0.0735. The predicted octanol–water partition coefficient (Wildman–Crippen LogP) is -0.417. The SMILES string of the molecule is COCC(=O)N1CCC(N)CC1. The molecule has 0 bridgehead atoms. The molecule has 0 atom stereocenters. The molecule has 1 amide bonds. The largest absolute Gasteiger partial charge is 0.375 e. The van der Waals surface area contributed by atoms with E-state index >= 15 is 0 Å². The maximum atomic E-state index is 11.3. The van der Waals surface area contributed by atoms with E-state index in [1.54, 1.807) is 0 Å². The maximum Gasteiger partial charge on any atom is 0.248 e. The molecule has 0 unspecified atom stereocenters. The van der Waals surface area contributed by atoms with Crippen LogP contribution >= 0.6 is 0 Å². The standard InChI is InChI=1S/C8H16N2O2/c1-12-6-8(11)10-4-2-7(9)3-5-10/h7H,2-6,9H2,1H3. The highest BCUT2D eigenvalue weighted by Gasteiger charge is 2.19. The van der Waals surface area contributed by atoms with Crippen molar-refractivity contribution in [3.05, 3.63) is 0 Å². The second-order valence-electron chi connectivity index (χ2n) is 3.15. The van der Waals surface area contributed by atoms with Crippen LogP contribution in [-0.2, 0) is 9.53 Å². The van der Waals surface area contributed by atoms with Crippen LogP contribution in [0.4, 0.5) is 0 Å². The lowest BCUT2D eigenvalue weighted by molar-refractivity contribution is -0.136. The number of rotatable bonds is 2. The minimum Gasteiger partial charge on any atom is -0.375 e. The van der Waals surface area contributed by atoms with E-state index in [4.69, 9.17) is 10.5 Å². The summed E-state index contributed by atoms with van der Waals surface area (Å²) >= 11 is 0. The van der Waals surface area contributed by atoms with Crippen LogP contribution in [0.5, 0.6) is 0 Å². The van der Waals surface area contributed by atoms with E-state index in [0.29, 0.717) is 0 Å². The van der Waals surface area contributed by atoms with Crippen molar-refractivity contribution in [1.29, 1.82) is 0 Å². The first kappa shape index (κ1) is 9.48. The van der Waals surface area contributed by atoms with Gasteiger partial charge in [-0.15, -0.1) is 0 Å². The van der Waals surface area contributed by atoms with Crippen LogP contribution < -0.4 is 5.73 Å². The van der Waals surface area contributed by atoms with E-state index < -0.39 is 0 Å². The van der Waals surface area contributed by atoms with Gasteiger partial charge in [-0.2, -0.15) is 0 Å². The average Bonchev–Trinajstić information content (AvgIpc) is 2.06. The monoisotopic (exact) mass is 172 g/mol. The number of ether oxygens (including phenoxy) is 1. The molecule has 12 heavy (non-hydrogen) atoms. The van der Waals surface area contributed by atoms with E-state index in [9.17, 15) is 4.79 Å². The zero-order valence-corrected chi connectivity index (χ0v) is 7.45. The lowest BCUT2D eigenvalue weighted by Crippen LogP contribution is -2.44. The van der Waals surface area contributed by atoms with Crippen molar-refractivity contribution >= 4 is 5.91 Å². The number of hydrogen-bond donors (Lipinski definition) is 1. The molecule has 0 aromatic heterocycles. The number of hydrogen-bond acceptors (Lipinski definition) is 3. The fourth-order valence-electron chi connectivity index (χ4n) is 1.36. The number of carbonyl (C=O) groups excluding carboxylic acids is 1. The third-order valence-electron chi connectivity index (χ3n) is 2.16. The van der Waals surface area contributed by atoms with Crippen LogP contribution in [0.25, 0.3) is 0 Å².